The van der Waals surface area contributed by atoms with Crippen LogP contribution in [0.15, 0.2) is 42.0 Å². The second-order valence-corrected chi connectivity index (χ2v) is 4.82. The van der Waals surface area contributed by atoms with Gasteiger partial charge in [0, 0.05) is 20.1 Å². The molecule has 0 heterocycles. The van der Waals surface area contributed by atoms with Crippen molar-refractivity contribution in [3.8, 4) is 0 Å². The van der Waals surface area contributed by atoms with Gasteiger partial charge in [0.05, 0.1) is 1.37 Å². The lowest BCUT2D eigenvalue weighted by molar-refractivity contribution is -0.163. The van der Waals surface area contributed by atoms with Crippen LogP contribution in [0.3, 0.4) is 0 Å². The number of ketones is 1. The minimum absolute atomic E-state index is 0.281. The second-order valence-electron chi connectivity index (χ2n) is 4.82. The van der Waals surface area contributed by atoms with Crippen molar-refractivity contribution in [1.29, 1.82) is 0 Å². The molecule has 1 aromatic rings. The summed E-state index contributed by atoms with van der Waals surface area (Å²) in [4.78, 5) is 23.9. The molecule has 5 nitrogen and oxygen atoms in total. The zero-order valence-electron chi connectivity index (χ0n) is 15.0. The van der Waals surface area contributed by atoms with Crippen molar-refractivity contribution in [1.82, 2.24) is 0 Å². The first-order chi connectivity index (χ1) is 11.4. The van der Waals surface area contributed by atoms with E-state index in [0.717, 1.165) is 0 Å². The van der Waals surface area contributed by atoms with Crippen molar-refractivity contribution in [2.24, 2.45) is 0 Å². The predicted octanol–water partition coefficient (Wildman–Crippen LogP) is 3.21. The van der Waals surface area contributed by atoms with Crippen molar-refractivity contribution >= 4 is 11.8 Å². The van der Waals surface area contributed by atoms with E-state index in [1.165, 1.54) is 6.92 Å². The van der Waals surface area contributed by atoms with Crippen molar-refractivity contribution in [2.75, 3.05) is 13.2 Å². The molecule has 0 aliphatic heterocycles. The Hall–Kier alpha value is -1.98. The number of hydrogen-bond acceptors (Lipinski definition) is 5. The van der Waals surface area contributed by atoms with Crippen molar-refractivity contribution in [2.45, 2.75) is 40.1 Å². The smallest absolute Gasteiger partial charge is 0.303 e. The highest BCUT2D eigenvalue weighted by atomic mass is 16.7. The monoisotopic (exact) mass is 321 g/mol. The van der Waals surface area contributed by atoms with Crippen LogP contribution in [-0.2, 0) is 23.8 Å². The molecule has 0 radical (unpaired) electrons. The highest BCUT2D eigenvalue weighted by Gasteiger charge is 2.21. The quantitative estimate of drug-likeness (QED) is 0.397. The summed E-state index contributed by atoms with van der Waals surface area (Å²) >= 11 is 0. The molecule has 0 aromatic heterocycles. The number of esters is 1. The van der Waals surface area contributed by atoms with Crippen LogP contribution in [0.25, 0.3) is 0 Å². The first kappa shape index (κ1) is 17.4. The normalized spacial score (nSPS) is 14.0. The predicted molar refractivity (Wildman–Crippen MR) is 86.8 cm³/mol. The third kappa shape index (κ3) is 6.34. The van der Waals surface area contributed by atoms with Crippen LogP contribution in [0.4, 0.5) is 0 Å². The molecule has 1 aromatic carbocycles. The van der Waals surface area contributed by atoms with Gasteiger partial charge in [-0.2, -0.15) is 0 Å². The van der Waals surface area contributed by atoms with Crippen molar-refractivity contribution in [3.63, 3.8) is 0 Å². The Bertz CT molecular complexity index is 576. The van der Waals surface area contributed by atoms with E-state index in [2.05, 4.69) is 0 Å². The molecule has 0 saturated carbocycles. The molecule has 0 N–H and O–H groups in total. The highest BCUT2D eigenvalue weighted by Crippen LogP contribution is 2.26. The standard InChI is InChI=1S/C18H24O5/c1-5-21-18(22-6-2)16(20)12-13(3)17(23-14(4)19)15-10-8-7-9-11-15/h7-12,17-18H,5-6H2,1-4H3/b13-12+/i12D. The number of carbonyl (C=O) groups excluding carboxylic acids is 2. The summed E-state index contributed by atoms with van der Waals surface area (Å²) in [6.45, 7) is 6.94. The van der Waals surface area contributed by atoms with Gasteiger partial charge in [0.2, 0.25) is 12.1 Å². The molecule has 0 amide bonds. The summed E-state index contributed by atoms with van der Waals surface area (Å²) in [5.41, 5.74) is 1.01. The van der Waals surface area contributed by atoms with Crippen LogP contribution in [0.5, 0.6) is 0 Å². The zero-order chi connectivity index (χ0) is 18.1. The van der Waals surface area contributed by atoms with Crippen molar-refractivity contribution < 1.29 is 25.2 Å². The highest BCUT2D eigenvalue weighted by molar-refractivity contribution is 5.93. The maximum Gasteiger partial charge on any atom is 0.303 e. The Kier molecular flexibility index (Phi) is 7.49. The first-order valence-corrected chi connectivity index (χ1v) is 7.59. The molecular formula is C18H24O5. The topological polar surface area (TPSA) is 61.8 Å². The first-order valence-electron chi connectivity index (χ1n) is 8.09. The summed E-state index contributed by atoms with van der Waals surface area (Å²) < 4.78 is 24.0. The molecule has 5 heteroatoms. The Morgan fingerprint density at radius 3 is 2.17 bits per heavy atom. The SMILES string of the molecule is [2H]/C(C(=O)C(OCC)OCC)=C(/C)C(OC(C)=O)c1ccccc1. The van der Waals surface area contributed by atoms with Crippen LogP contribution in [0.1, 0.15) is 40.7 Å². The molecule has 126 valence electrons. The van der Waals surface area contributed by atoms with Gasteiger partial charge >= 0.3 is 5.97 Å². The summed E-state index contributed by atoms with van der Waals surface area (Å²) in [5.74, 6) is -1.08. The average molecular weight is 321 g/mol. The number of hydrogen-bond donors (Lipinski definition) is 0. The number of rotatable bonds is 9. The Balaban J connectivity index is 3.17. The Morgan fingerprint density at radius 2 is 1.70 bits per heavy atom. The molecule has 1 unspecified atom stereocenters. The van der Waals surface area contributed by atoms with E-state index < -0.39 is 24.1 Å². The lowest BCUT2D eigenvalue weighted by Gasteiger charge is -2.19. The van der Waals surface area contributed by atoms with E-state index in [-0.39, 0.29) is 19.3 Å². The van der Waals surface area contributed by atoms with Gasteiger partial charge in [-0.3, -0.25) is 9.59 Å². The fraction of sp³-hybridized carbons (Fsp3) is 0.444. The lowest BCUT2D eigenvalue weighted by Crippen LogP contribution is -2.26. The van der Waals surface area contributed by atoms with Gasteiger partial charge in [-0.1, -0.05) is 30.3 Å². The fourth-order valence-electron chi connectivity index (χ4n) is 2.02. The third-order valence-corrected chi connectivity index (χ3v) is 2.95. The summed E-state index contributed by atoms with van der Waals surface area (Å²) in [7, 11) is 0. The summed E-state index contributed by atoms with van der Waals surface area (Å²) in [6, 6.07) is 8.70. The second kappa shape index (κ2) is 9.92. The molecule has 1 rings (SSSR count). The molecule has 0 fully saturated rings. The fourth-order valence-corrected chi connectivity index (χ4v) is 2.02. The van der Waals surface area contributed by atoms with Crippen molar-refractivity contribution in [3.05, 3.63) is 47.5 Å². The molecule has 0 bridgehead atoms. The molecule has 0 spiro atoms. The third-order valence-electron chi connectivity index (χ3n) is 2.95. The molecule has 0 saturated heterocycles. The minimum Gasteiger partial charge on any atom is -0.453 e. The van der Waals surface area contributed by atoms with Gasteiger partial charge in [0.25, 0.3) is 0 Å². The van der Waals surface area contributed by atoms with E-state index in [1.54, 1.807) is 45.0 Å². The maximum atomic E-state index is 12.5. The summed E-state index contributed by atoms with van der Waals surface area (Å²) in [6.07, 6.45) is -1.93. The zero-order valence-corrected chi connectivity index (χ0v) is 14.0. The van der Waals surface area contributed by atoms with Crippen LogP contribution < -0.4 is 0 Å². The maximum absolute atomic E-state index is 12.5. The van der Waals surface area contributed by atoms with E-state index in [4.69, 9.17) is 15.6 Å². The van der Waals surface area contributed by atoms with E-state index >= 15 is 0 Å². The molecule has 23 heavy (non-hydrogen) atoms. The number of benzene rings is 1. The van der Waals surface area contributed by atoms with Crippen LogP contribution in [0.2, 0.25) is 0 Å². The van der Waals surface area contributed by atoms with Gasteiger partial charge in [-0.15, -0.1) is 0 Å². The van der Waals surface area contributed by atoms with Gasteiger partial charge in [-0.25, -0.2) is 0 Å². The van der Waals surface area contributed by atoms with Gasteiger partial charge in [0.1, 0.15) is 6.10 Å². The van der Waals surface area contributed by atoms with Crippen LogP contribution in [0, 0.1) is 0 Å². The molecule has 1 atom stereocenters. The molecule has 0 aliphatic rings. The summed E-state index contributed by atoms with van der Waals surface area (Å²) in [5, 5.41) is 0. The van der Waals surface area contributed by atoms with E-state index in [9.17, 15) is 9.59 Å². The Morgan fingerprint density at radius 1 is 1.13 bits per heavy atom. The number of ether oxygens (including phenoxy) is 3. The molecule has 0 aliphatic carbocycles. The number of carbonyl (C=O) groups is 2. The van der Waals surface area contributed by atoms with Gasteiger partial charge in [0.15, 0.2) is 0 Å². The minimum atomic E-state index is -1.13. The van der Waals surface area contributed by atoms with Crippen LogP contribution in [-0.4, -0.2) is 31.3 Å². The van der Waals surface area contributed by atoms with Gasteiger partial charge in [-0.05, 0) is 38.0 Å². The average Bonchev–Trinajstić information content (AvgIpc) is 2.58. The lowest BCUT2D eigenvalue weighted by atomic mass is 10.0. The largest absolute Gasteiger partial charge is 0.453 e. The van der Waals surface area contributed by atoms with Gasteiger partial charge < -0.3 is 14.2 Å². The molecular weight excluding hydrogens is 296 g/mol. The Labute approximate surface area is 138 Å². The van der Waals surface area contributed by atoms with Crippen LogP contribution >= 0.6 is 0 Å². The van der Waals surface area contributed by atoms with E-state index in [0.29, 0.717) is 11.1 Å². The van der Waals surface area contributed by atoms with E-state index in [1.807, 2.05) is 6.07 Å².